The lowest BCUT2D eigenvalue weighted by Crippen LogP contribution is -2.49. The van der Waals surface area contributed by atoms with Crippen LogP contribution in [0.15, 0.2) is 36.4 Å². The molecule has 210 valence electrons. The van der Waals surface area contributed by atoms with Crippen molar-refractivity contribution in [1.29, 1.82) is 0 Å². The molecule has 10 heteroatoms. The number of nitrogens with zero attached hydrogens (tertiary/aromatic N) is 3. The maximum Gasteiger partial charge on any atom is 0.254 e. The van der Waals surface area contributed by atoms with Crippen molar-refractivity contribution in [3.63, 3.8) is 0 Å². The number of anilines is 2. The largest absolute Gasteiger partial charge is 0.366 e. The van der Waals surface area contributed by atoms with Crippen molar-refractivity contribution in [2.75, 3.05) is 62.6 Å². The van der Waals surface area contributed by atoms with Crippen LogP contribution in [0.4, 0.5) is 20.2 Å². The summed E-state index contributed by atoms with van der Waals surface area (Å²) in [6, 6.07) is 8.18. The maximum absolute atomic E-state index is 13.6. The third kappa shape index (κ3) is 7.53. The van der Waals surface area contributed by atoms with Crippen LogP contribution in [0.5, 0.6) is 0 Å². The van der Waals surface area contributed by atoms with Gasteiger partial charge in [0.15, 0.2) is 0 Å². The first kappa shape index (κ1) is 28.5. The second-order valence-electron chi connectivity index (χ2n) is 11.4. The normalized spacial score (nSPS) is 16.6. The molecule has 4 rings (SSSR count). The number of rotatable bonds is 5. The zero-order valence-electron chi connectivity index (χ0n) is 22.9. The summed E-state index contributed by atoms with van der Waals surface area (Å²) in [4.78, 5) is 44.5. The third-order valence-electron chi connectivity index (χ3n) is 6.85. The Morgan fingerprint density at radius 2 is 1.46 bits per heavy atom. The molecule has 8 nitrogen and oxygen atoms in total. The fourth-order valence-corrected chi connectivity index (χ4v) is 4.96. The highest BCUT2D eigenvalue weighted by atomic mass is 19.1. The summed E-state index contributed by atoms with van der Waals surface area (Å²) in [6.07, 6.45) is 1.19. The number of nitrogens with one attached hydrogen (secondary N) is 2. The molecule has 2 aromatic rings. The zero-order valence-corrected chi connectivity index (χ0v) is 22.9. The molecular formula is C29H37F2N5O3. The number of carbonyl (C=O) groups excluding carboxylic acids is 3. The molecule has 3 amide bonds. The lowest BCUT2D eigenvalue weighted by molar-refractivity contribution is -0.117. The highest BCUT2D eigenvalue weighted by molar-refractivity contribution is 6.00. The van der Waals surface area contributed by atoms with Crippen LogP contribution in [0.1, 0.15) is 54.3 Å². The summed E-state index contributed by atoms with van der Waals surface area (Å²) in [5.74, 6) is -2.24. The van der Waals surface area contributed by atoms with Gasteiger partial charge in [0, 0.05) is 69.4 Å². The molecule has 2 N–H and O–H groups in total. The Labute approximate surface area is 228 Å². The fraction of sp³-hybridized carbons (Fsp3) is 0.483. The molecule has 0 aliphatic carbocycles. The van der Waals surface area contributed by atoms with Crippen LogP contribution in [-0.4, -0.2) is 79.9 Å². The molecule has 0 saturated carbocycles. The smallest absolute Gasteiger partial charge is 0.254 e. The van der Waals surface area contributed by atoms with E-state index in [1.807, 2.05) is 36.6 Å². The van der Waals surface area contributed by atoms with Gasteiger partial charge in [-0.15, -0.1) is 0 Å². The number of piperazine rings is 1. The predicted octanol–water partition coefficient (Wildman–Crippen LogP) is 3.74. The van der Waals surface area contributed by atoms with Crippen LogP contribution in [-0.2, 0) is 4.79 Å². The Kier molecular flexibility index (Phi) is 8.84. The van der Waals surface area contributed by atoms with E-state index in [2.05, 4.69) is 10.6 Å². The standard InChI is InChI=1S/C29H37F2N5O3/c1-29(2,3)19-26(37)33-24-17-20(27(38)35-9-4-7-32-8-10-35)5-6-25(24)34-11-13-36(14-12-34)28(39)21-15-22(30)18-23(31)16-21/h5-6,15-18,32H,4,7-14,19H2,1-3H3,(H,33,37). The molecule has 39 heavy (non-hydrogen) atoms. The van der Waals surface area contributed by atoms with E-state index in [1.54, 1.807) is 17.0 Å². The van der Waals surface area contributed by atoms with E-state index in [0.29, 0.717) is 56.9 Å². The molecule has 2 saturated heterocycles. The van der Waals surface area contributed by atoms with E-state index in [-0.39, 0.29) is 22.8 Å². The second-order valence-corrected chi connectivity index (χ2v) is 11.4. The summed E-state index contributed by atoms with van der Waals surface area (Å²) in [6.45, 7) is 10.5. The lowest BCUT2D eigenvalue weighted by atomic mass is 9.92. The fourth-order valence-electron chi connectivity index (χ4n) is 4.96. The number of hydrogen-bond donors (Lipinski definition) is 2. The van der Waals surface area contributed by atoms with Crippen LogP contribution >= 0.6 is 0 Å². The molecule has 2 aliphatic heterocycles. The van der Waals surface area contributed by atoms with Crippen LogP contribution in [0.25, 0.3) is 0 Å². The average molecular weight is 542 g/mol. The topological polar surface area (TPSA) is 85.0 Å². The van der Waals surface area contributed by atoms with Gasteiger partial charge in [-0.3, -0.25) is 14.4 Å². The van der Waals surface area contributed by atoms with Gasteiger partial charge < -0.3 is 25.3 Å². The molecular weight excluding hydrogens is 504 g/mol. The van der Waals surface area contributed by atoms with E-state index in [1.165, 1.54) is 0 Å². The Bertz CT molecular complexity index is 1190. The van der Waals surface area contributed by atoms with Crippen LogP contribution < -0.4 is 15.5 Å². The monoisotopic (exact) mass is 541 g/mol. The molecule has 2 aliphatic rings. The molecule has 0 atom stereocenters. The van der Waals surface area contributed by atoms with Gasteiger partial charge in [0.25, 0.3) is 11.8 Å². The van der Waals surface area contributed by atoms with E-state index >= 15 is 0 Å². The van der Waals surface area contributed by atoms with Crippen molar-refractivity contribution in [2.24, 2.45) is 5.41 Å². The SMILES string of the molecule is CC(C)(C)CC(=O)Nc1cc(C(=O)N2CCCNCC2)ccc1N1CCN(C(=O)c2cc(F)cc(F)c2)CC1. The molecule has 2 heterocycles. The van der Waals surface area contributed by atoms with Crippen molar-refractivity contribution < 1.29 is 23.2 Å². The third-order valence-corrected chi connectivity index (χ3v) is 6.85. The summed E-state index contributed by atoms with van der Waals surface area (Å²) in [5.41, 5.74) is 1.58. The first-order valence-electron chi connectivity index (χ1n) is 13.4. The number of carbonyl (C=O) groups is 3. The molecule has 0 unspecified atom stereocenters. The van der Waals surface area contributed by atoms with Crippen LogP contribution in [0.3, 0.4) is 0 Å². The van der Waals surface area contributed by atoms with Gasteiger partial charge in [0.1, 0.15) is 11.6 Å². The summed E-state index contributed by atoms with van der Waals surface area (Å²) >= 11 is 0. The highest BCUT2D eigenvalue weighted by Crippen LogP contribution is 2.30. The number of amides is 3. The Balaban J connectivity index is 1.53. The summed E-state index contributed by atoms with van der Waals surface area (Å²) in [5, 5.41) is 6.32. The quantitative estimate of drug-likeness (QED) is 0.603. The van der Waals surface area contributed by atoms with E-state index in [9.17, 15) is 23.2 Å². The first-order chi connectivity index (χ1) is 18.5. The lowest BCUT2D eigenvalue weighted by Gasteiger charge is -2.37. The van der Waals surface area contributed by atoms with Gasteiger partial charge in [-0.2, -0.15) is 0 Å². The van der Waals surface area contributed by atoms with Gasteiger partial charge in [-0.25, -0.2) is 8.78 Å². The predicted molar refractivity (Wildman–Crippen MR) is 147 cm³/mol. The van der Waals surface area contributed by atoms with Crippen molar-refractivity contribution in [1.82, 2.24) is 15.1 Å². The maximum atomic E-state index is 13.6. The number of halogens is 2. The molecule has 0 spiro atoms. The van der Waals surface area contributed by atoms with Crippen molar-refractivity contribution in [3.05, 3.63) is 59.2 Å². The number of hydrogen-bond acceptors (Lipinski definition) is 5. The minimum Gasteiger partial charge on any atom is -0.366 e. The Hall–Kier alpha value is -3.53. The highest BCUT2D eigenvalue weighted by Gasteiger charge is 2.26. The second kappa shape index (κ2) is 12.1. The minimum absolute atomic E-state index is 0.0253. The van der Waals surface area contributed by atoms with Crippen LogP contribution in [0.2, 0.25) is 0 Å². The van der Waals surface area contributed by atoms with Gasteiger partial charge in [0.05, 0.1) is 11.4 Å². The average Bonchev–Trinajstić information content (AvgIpc) is 3.16. The van der Waals surface area contributed by atoms with Gasteiger partial charge >= 0.3 is 0 Å². The summed E-state index contributed by atoms with van der Waals surface area (Å²) < 4.78 is 27.3. The van der Waals surface area contributed by atoms with Crippen LogP contribution in [0, 0.1) is 17.0 Å². The minimum atomic E-state index is -0.793. The van der Waals surface area contributed by atoms with Gasteiger partial charge in [-0.05, 0) is 48.7 Å². The molecule has 2 aromatic carbocycles. The molecule has 0 aromatic heterocycles. The zero-order chi connectivity index (χ0) is 28.2. The Morgan fingerprint density at radius 3 is 2.13 bits per heavy atom. The van der Waals surface area contributed by atoms with E-state index in [4.69, 9.17) is 0 Å². The van der Waals surface area contributed by atoms with Crippen molar-refractivity contribution in [3.8, 4) is 0 Å². The van der Waals surface area contributed by atoms with Crippen molar-refractivity contribution >= 4 is 29.1 Å². The van der Waals surface area contributed by atoms with Gasteiger partial charge in [0.2, 0.25) is 5.91 Å². The first-order valence-corrected chi connectivity index (χ1v) is 13.4. The van der Waals surface area contributed by atoms with Crippen molar-refractivity contribution in [2.45, 2.75) is 33.6 Å². The van der Waals surface area contributed by atoms with E-state index in [0.717, 1.165) is 43.4 Å². The number of benzene rings is 2. The molecule has 0 bridgehead atoms. The van der Waals surface area contributed by atoms with E-state index < -0.39 is 17.5 Å². The van der Waals surface area contributed by atoms with Gasteiger partial charge in [-0.1, -0.05) is 20.8 Å². The Morgan fingerprint density at radius 1 is 0.821 bits per heavy atom. The molecule has 0 radical (unpaired) electrons. The molecule has 2 fully saturated rings. The summed E-state index contributed by atoms with van der Waals surface area (Å²) in [7, 11) is 0.